The number of aromatic nitrogens is 3. The summed E-state index contributed by atoms with van der Waals surface area (Å²) in [5, 5.41) is 21.0. The molecule has 20 heavy (non-hydrogen) atoms. The standard InChI is InChI=1S/C14H24N4O2/c1-2-12-17-16-11-18(12)9-8-15-13(19)10-14(20)6-4-3-5-7-14/h11,20H,2-10H2,1H3,(H,15,19). The highest BCUT2D eigenvalue weighted by Gasteiger charge is 2.31. The number of carbonyl (C=O) groups is 1. The van der Waals surface area contributed by atoms with E-state index in [0.29, 0.717) is 13.1 Å². The van der Waals surface area contributed by atoms with Gasteiger partial charge in [-0.05, 0) is 12.8 Å². The number of aryl methyl sites for hydroxylation is 1. The minimum Gasteiger partial charge on any atom is -0.389 e. The van der Waals surface area contributed by atoms with Gasteiger partial charge >= 0.3 is 0 Å². The van der Waals surface area contributed by atoms with Crippen LogP contribution >= 0.6 is 0 Å². The van der Waals surface area contributed by atoms with Crippen LogP contribution in [0.4, 0.5) is 0 Å². The predicted molar refractivity (Wildman–Crippen MR) is 75.1 cm³/mol. The van der Waals surface area contributed by atoms with Gasteiger partial charge < -0.3 is 15.0 Å². The molecule has 0 spiro atoms. The molecule has 0 radical (unpaired) electrons. The Morgan fingerprint density at radius 3 is 2.90 bits per heavy atom. The average molecular weight is 280 g/mol. The molecular formula is C14H24N4O2. The molecule has 1 aromatic heterocycles. The summed E-state index contributed by atoms with van der Waals surface area (Å²) in [4.78, 5) is 11.9. The number of aliphatic hydroxyl groups is 1. The molecule has 2 rings (SSSR count). The van der Waals surface area contributed by atoms with E-state index < -0.39 is 5.60 Å². The van der Waals surface area contributed by atoms with Gasteiger partial charge in [0.05, 0.1) is 12.0 Å². The minimum atomic E-state index is -0.784. The lowest BCUT2D eigenvalue weighted by molar-refractivity contribution is -0.127. The summed E-state index contributed by atoms with van der Waals surface area (Å²) in [6.45, 7) is 3.23. The van der Waals surface area contributed by atoms with Crippen LogP contribution in [0.5, 0.6) is 0 Å². The van der Waals surface area contributed by atoms with Gasteiger partial charge in [-0.15, -0.1) is 10.2 Å². The Bertz CT molecular complexity index is 438. The van der Waals surface area contributed by atoms with Gasteiger partial charge in [0.2, 0.25) is 5.91 Å². The summed E-state index contributed by atoms with van der Waals surface area (Å²) in [6.07, 6.45) is 7.41. The fraction of sp³-hybridized carbons (Fsp3) is 0.786. The molecule has 0 unspecified atom stereocenters. The molecule has 0 aromatic carbocycles. The monoisotopic (exact) mass is 280 g/mol. The molecule has 1 aliphatic carbocycles. The summed E-state index contributed by atoms with van der Waals surface area (Å²) < 4.78 is 1.94. The summed E-state index contributed by atoms with van der Waals surface area (Å²) >= 11 is 0. The predicted octanol–water partition coefficient (Wildman–Crippen LogP) is 1.04. The Morgan fingerprint density at radius 1 is 1.45 bits per heavy atom. The van der Waals surface area contributed by atoms with Gasteiger partial charge in [0.15, 0.2) is 0 Å². The normalized spacial score (nSPS) is 17.9. The third-order valence-corrected chi connectivity index (χ3v) is 3.96. The molecule has 6 heteroatoms. The highest BCUT2D eigenvalue weighted by Crippen LogP contribution is 2.30. The van der Waals surface area contributed by atoms with Crippen LogP contribution in [-0.4, -0.2) is 37.9 Å². The summed E-state index contributed by atoms with van der Waals surface area (Å²) in [6, 6.07) is 0. The Hall–Kier alpha value is -1.43. The van der Waals surface area contributed by atoms with Gasteiger partial charge in [0.25, 0.3) is 0 Å². The van der Waals surface area contributed by atoms with Gasteiger partial charge in [-0.25, -0.2) is 0 Å². The second kappa shape index (κ2) is 6.83. The van der Waals surface area contributed by atoms with E-state index in [1.165, 1.54) is 0 Å². The molecule has 2 N–H and O–H groups in total. The number of hydrogen-bond donors (Lipinski definition) is 2. The van der Waals surface area contributed by atoms with Gasteiger partial charge in [0.1, 0.15) is 12.2 Å². The molecular weight excluding hydrogens is 256 g/mol. The Kier molecular flexibility index (Phi) is 5.11. The number of rotatable bonds is 6. The third kappa shape index (κ3) is 4.03. The van der Waals surface area contributed by atoms with Crippen LogP contribution < -0.4 is 5.32 Å². The second-order valence-corrected chi connectivity index (χ2v) is 5.61. The highest BCUT2D eigenvalue weighted by atomic mass is 16.3. The maximum absolute atomic E-state index is 11.9. The van der Waals surface area contributed by atoms with E-state index in [4.69, 9.17) is 0 Å². The fourth-order valence-corrected chi connectivity index (χ4v) is 2.80. The van der Waals surface area contributed by atoms with Crippen LogP contribution in [0.3, 0.4) is 0 Å². The first-order valence-electron chi connectivity index (χ1n) is 7.49. The van der Waals surface area contributed by atoms with Gasteiger partial charge in [-0.2, -0.15) is 0 Å². The van der Waals surface area contributed by atoms with E-state index in [1.54, 1.807) is 6.33 Å². The van der Waals surface area contributed by atoms with Crippen molar-refractivity contribution in [2.24, 2.45) is 0 Å². The van der Waals surface area contributed by atoms with Crippen molar-refractivity contribution < 1.29 is 9.90 Å². The maximum atomic E-state index is 11.9. The number of hydrogen-bond acceptors (Lipinski definition) is 4. The quantitative estimate of drug-likeness (QED) is 0.816. The lowest BCUT2D eigenvalue weighted by Gasteiger charge is -2.31. The smallest absolute Gasteiger partial charge is 0.222 e. The van der Waals surface area contributed by atoms with Crippen LogP contribution in [0.15, 0.2) is 6.33 Å². The molecule has 0 bridgehead atoms. The lowest BCUT2D eigenvalue weighted by atomic mass is 9.82. The van der Waals surface area contributed by atoms with Gasteiger partial charge in [-0.3, -0.25) is 4.79 Å². The largest absolute Gasteiger partial charge is 0.389 e. The molecule has 112 valence electrons. The van der Waals surface area contributed by atoms with Crippen molar-refractivity contribution in [2.75, 3.05) is 6.54 Å². The molecule has 1 heterocycles. The van der Waals surface area contributed by atoms with Crippen molar-refractivity contribution in [1.82, 2.24) is 20.1 Å². The number of amides is 1. The fourth-order valence-electron chi connectivity index (χ4n) is 2.80. The van der Waals surface area contributed by atoms with E-state index in [-0.39, 0.29) is 12.3 Å². The Balaban J connectivity index is 1.72. The lowest BCUT2D eigenvalue weighted by Crippen LogP contribution is -2.39. The van der Waals surface area contributed by atoms with Crippen molar-refractivity contribution >= 4 is 5.91 Å². The van der Waals surface area contributed by atoms with Crippen molar-refractivity contribution in [3.05, 3.63) is 12.2 Å². The van der Waals surface area contributed by atoms with Crippen LogP contribution in [0.1, 0.15) is 51.3 Å². The van der Waals surface area contributed by atoms with Gasteiger partial charge in [0, 0.05) is 19.5 Å². The number of nitrogens with one attached hydrogen (secondary N) is 1. The third-order valence-electron chi connectivity index (χ3n) is 3.96. The van der Waals surface area contributed by atoms with Crippen molar-refractivity contribution in [3.63, 3.8) is 0 Å². The van der Waals surface area contributed by atoms with E-state index >= 15 is 0 Å². The summed E-state index contributed by atoms with van der Waals surface area (Å²) in [5.41, 5.74) is -0.784. The molecule has 0 aliphatic heterocycles. The number of nitrogens with zero attached hydrogens (tertiary/aromatic N) is 3. The van der Waals surface area contributed by atoms with Crippen molar-refractivity contribution in [3.8, 4) is 0 Å². The minimum absolute atomic E-state index is 0.0690. The zero-order valence-corrected chi connectivity index (χ0v) is 12.1. The average Bonchev–Trinajstić information content (AvgIpc) is 2.86. The number of carbonyl (C=O) groups excluding carboxylic acids is 1. The first-order valence-corrected chi connectivity index (χ1v) is 7.49. The Morgan fingerprint density at radius 2 is 2.20 bits per heavy atom. The molecule has 6 nitrogen and oxygen atoms in total. The zero-order chi connectivity index (χ0) is 14.4. The topological polar surface area (TPSA) is 80.0 Å². The van der Waals surface area contributed by atoms with Crippen molar-refractivity contribution in [2.45, 2.75) is 64.0 Å². The molecule has 1 fully saturated rings. The van der Waals surface area contributed by atoms with Crippen LogP contribution in [-0.2, 0) is 17.8 Å². The summed E-state index contributed by atoms with van der Waals surface area (Å²) in [5.74, 6) is 0.852. The molecule has 1 aliphatic rings. The summed E-state index contributed by atoms with van der Waals surface area (Å²) in [7, 11) is 0. The molecule has 1 amide bonds. The van der Waals surface area contributed by atoms with Crippen LogP contribution in [0.2, 0.25) is 0 Å². The second-order valence-electron chi connectivity index (χ2n) is 5.61. The molecule has 0 saturated heterocycles. The SMILES string of the molecule is CCc1nncn1CCNC(=O)CC1(O)CCCCC1. The maximum Gasteiger partial charge on any atom is 0.222 e. The van der Waals surface area contributed by atoms with Gasteiger partial charge in [-0.1, -0.05) is 26.2 Å². The van der Waals surface area contributed by atoms with Crippen LogP contribution in [0, 0.1) is 0 Å². The van der Waals surface area contributed by atoms with E-state index in [1.807, 2.05) is 11.5 Å². The molecule has 1 aromatic rings. The van der Waals surface area contributed by atoms with E-state index in [0.717, 1.165) is 44.3 Å². The van der Waals surface area contributed by atoms with Crippen molar-refractivity contribution in [1.29, 1.82) is 0 Å². The zero-order valence-electron chi connectivity index (χ0n) is 12.1. The van der Waals surface area contributed by atoms with E-state index in [9.17, 15) is 9.90 Å². The van der Waals surface area contributed by atoms with E-state index in [2.05, 4.69) is 15.5 Å². The highest BCUT2D eigenvalue weighted by molar-refractivity contribution is 5.76. The first-order chi connectivity index (χ1) is 9.63. The first kappa shape index (κ1) is 15.0. The molecule has 0 atom stereocenters. The van der Waals surface area contributed by atoms with Crippen LogP contribution in [0.25, 0.3) is 0 Å². The molecule has 1 saturated carbocycles. The Labute approximate surface area is 119 Å².